The van der Waals surface area contributed by atoms with Gasteiger partial charge < -0.3 is 4.90 Å². The fourth-order valence-electron chi connectivity index (χ4n) is 3.32. The summed E-state index contributed by atoms with van der Waals surface area (Å²) >= 11 is 1.74. The van der Waals surface area contributed by atoms with Crippen LogP contribution in [0.25, 0.3) is 0 Å². The molecule has 3 rings (SSSR count). The summed E-state index contributed by atoms with van der Waals surface area (Å²) in [5, 5.41) is -0.0226. The molecule has 27 heavy (non-hydrogen) atoms. The predicted octanol–water partition coefficient (Wildman–Crippen LogP) is 4.62. The molecule has 1 saturated heterocycles. The SMILES string of the molecule is Cc1ccccc1CN(CC(=O)N1CCS[C@H]1c1ccc(F)cc1)C(C)C. The van der Waals surface area contributed by atoms with Gasteiger partial charge in [0.25, 0.3) is 0 Å². The summed E-state index contributed by atoms with van der Waals surface area (Å²) < 4.78 is 13.2. The molecule has 5 heteroatoms. The molecule has 0 unspecified atom stereocenters. The second-order valence-electron chi connectivity index (χ2n) is 7.29. The molecule has 0 radical (unpaired) electrons. The highest BCUT2D eigenvalue weighted by Gasteiger charge is 2.31. The summed E-state index contributed by atoms with van der Waals surface area (Å²) in [5.74, 6) is 0.799. The topological polar surface area (TPSA) is 23.6 Å². The van der Waals surface area contributed by atoms with Crippen molar-refractivity contribution in [2.24, 2.45) is 0 Å². The van der Waals surface area contributed by atoms with E-state index in [0.717, 1.165) is 24.4 Å². The van der Waals surface area contributed by atoms with E-state index in [1.54, 1.807) is 23.9 Å². The minimum atomic E-state index is -0.246. The van der Waals surface area contributed by atoms with E-state index in [9.17, 15) is 9.18 Å². The minimum absolute atomic E-state index is 0.0226. The third-order valence-electron chi connectivity index (χ3n) is 5.07. The van der Waals surface area contributed by atoms with Gasteiger partial charge in [0.15, 0.2) is 0 Å². The Morgan fingerprint density at radius 2 is 1.93 bits per heavy atom. The smallest absolute Gasteiger partial charge is 0.237 e. The van der Waals surface area contributed by atoms with E-state index in [1.807, 2.05) is 17.0 Å². The Morgan fingerprint density at radius 3 is 2.59 bits per heavy atom. The lowest BCUT2D eigenvalue weighted by molar-refractivity contribution is -0.133. The van der Waals surface area contributed by atoms with Crippen LogP contribution in [0.2, 0.25) is 0 Å². The summed E-state index contributed by atoms with van der Waals surface area (Å²) in [6.45, 7) is 8.26. The first kappa shape index (κ1) is 19.9. The normalized spacial score (nSPS) is 17.1. The number of rotatable bonds is 6. The molecule has 3 nitrogen and oxygen atoms in total. The van der Waals surface area contributed by atoms with Gasteiger partial charge in [0.1, 0.15) is 11.2 Å². The maximum absolute atomic E-state index is 13.2. The summed E-state index contributed by atoms with van der Waals surface area (Å²) in [7, 11) is 0. The second-order valence-corrected chi connectivity index (χ2v) is 8.48. The number of thioether (sulfide) groups is 1. The van der Waals surface area contributed by atoms with E-state index in [-0.39, 0.29) is 23.1 Å². The Kier molecular flexibility index (Phi) is 6.55. The van der Waals surface area contributed by atoms with Crippen LogP contribution in [0.15, 0.2) is 48.5 Å². The highest BCUT2D eigenvalue weighted by atomic mass is 32.2. The van der Waals surface area contributed by atoms with Crippen LogP contribution in [-0.2, 0) is 11.3 Å². The molecule has 0 spiro atoms. The molecule has 2 aromatic rings. The molecule has 1 aliphatic heterocycles. The minimum Gasteiger partial charge on any atom is -0.325 e. The van der Waals surface area contributed by atoms with Crippen LogP contribution in [0, 0.1) is 12.7 Å². The van der Waals surface area contributed by atoms with Crippen molar-refractivity contribution in [1.29, 1.82) is 0 Å². The van der Waals surface area contributed by atoms with Gasteiger partial charge in [0.2, 0.25) is 5.91 Å². The Bertz CT molecular complexity index is 778. The molecule has 144 valence electrons. The number of carbonyl (C=O) groups is 1. The van der Waals surface area contributed by atoms with Gasteiger partial charge in [-0.2, -0.15) is 0 Å². The van der Waals surface area contributed by atoms with Gasteiger partial charge in [-0.25, -0.2) is 4.39 Å². The lowest BCUT2D eigenvalue weighted by atomic mass is 10.1. The zero-order valence-corrected chi connectivity index (χ0v) is 17.0. The van der Waals surface area contributed by atoms with Crippen LogP contribution in [0.3, 0.4) is 0 Å². The first-order chi connectivity index (χ1) is 13.0. The molecule has 1 atom stereocenters. The zero-order valence-electron chi connectivity index (χ0n) is 16.2. The van der Waals surface area contributed by atoms with Crippen LogP contribution in [0.1, 0.15) is 35.9 Å². The van der Waals surface area contributed by atoms with Gasteiger partial charge in [-0.3, -0.25) is 9.69 Å². The highest BCUT2D eigenvalue weighted by molar-refractivity contribution is 7.99. The van der Waals surface area contributed by atoms with Crippen molar-refractivity contribution in [3.8, 4) is 0 Å². The largest absolute Gasteiger partial charge is 0.325 e. The van der Waals surface area contributed by atoms with Crippen molar-refractivity contribution in [2.75, 3.05) is 18.8 Å². The molecule has 1 amide bonds. The van der Waals surface area contributed by atoms with E-state index in [4.69, 9.17) is 0 Å². The number of amides is 1. The number of nitrogens with zero attached hydrogens (tertiary/aromatic N) is 2. The summed E-state index contributed by atoms with van der Waals surface area (Å²) in [6, 6.07) is 15.1. The Balaban J connectivity index is 1.71. The van der Waals surface area contributed by atoms with Gasteiger partial charge in [-0.05, 0) is 49.6 Å². The molecule has 0 bridgehead atoms. The quantitative estimate of drug-likeness (QED) is 0.724. The van der Waals surface area contributed by atoms with Gasteiger partial charge in [0.05, 0.1) is 6.54 Å². The average Bonchev–Trinajstić information content (AvgIpc) is 3.13. The fourth-order valence-corrected chi connectivity index (χ4v) is 4.60. The van der Waals surface area contributed by atoms with Crippen LogP contribution >= 0.6 is 11.8 Å². The Hall–Kier alpha value is -1.85. The molecule has 0 saturated carbocycles. The van der Waals surface area contributed by atoms with Crippen molar-refractivity contribution < 1.29 is 9.18 Å². The number of carbonyl (C=O) groups excluding carboxylic acids is 1. The monoisotopic (exact) mass is 386 g/mol. The van der Waals surface area contributed by atoms with Gasteiger partial charge in [0, 0.05) is 24.9 Å². The molecular weight excluding hydrogens is 359 g/mol. The van der Waals surface area contributed by atoms with Crippen molar-refractivity contribution in [2.45, 2.75) is 38.7 Å². The lowest BCUT2D eigenvalue weighted by Crippen LogP contribution is -2.42. The van der Waals surface area contributed by atoms with Crippen molar-refractivity contribution in [3.05, 3.63) is 71.0 Å². The second kappa shape index (κ2) is 8.89. The lowest BCUT2D eigenvalue weighted by Gasteiger charge is -2.31. The van der Waals surface area contributed by atoms with E-state index in [2.05, 4.69) is 37.8 Å². The van der Waals surface area contributed by atoms with E-state index < -0.39 is 0 Å². The number of hydrogen-bond donors (Lipinski definition) is 0. The molecule has 1 aliphatic rings. The van der Waals surface area contributed by atoms with Gasteiger partial charge in [-0.1, -0.05) is 36.4 Å². The third-order valence-corrected chi connectivity index (χ3v) is 6.33. The van der Waals surface area contributed by atoms with Crippen LogP contribution < -0.4 is 0 Å². The van der Waals surface area contributed by atoms with E-state index >= 15 is 0 Å². The van der Waals surface area contributed by atoms with E-state index in [1.165, 1.54) is 23.3 Å². The van der Waals surface area contributed by atoms with Crippen LogP contribution in [-0.4, -0.2) is 40.6 Å². The molecule has 1 heterocycles. The third kappa shape index (κ3) is 4.90. The summed E-state index contributed by atoms with van der Waals surface area (Å²) in [5.41, 5.74) is 3.49. The van der Waals surface area contributed by atoms with Crippen LogP contribution in [0.4, 0.5) is 4.39 Å². The molecule has 2 aromatic carbocycles. The summed E-state index contributed by atoms with van der Waals surface area (Å²) in [6.07, 6.45) is 0. The number of halogens is 1. The molecule has 0 N–H and O–H groups in total. The van der Waals surface area contributed by atoms with Crippen molar-refractivity contribution in [1.82, 2.24) is 9.80 Å². The Morgan fingerprint density at radius 1 is 1.22 bits per heavy atom. The molecule has 0 aliphatic carbocycles. The first-order valence-corrected chi connectivity index (χ1v) is 10.5. The summed E-state index contributed by atoms with van der Waals surface area (Å²) in [4.78, 5) is 17.2. The van der Waals surface area contributed by atoms with Crippen LogP contribution in [0.5, 0.6) is 0 Å². The molecular formula is C22H27FN2OS. The van der Waals surface area contributed by atoms with Crippen molar-refractivity contribution >= 4 is 17.7 Å². The Labute approximate surface area is 165 Å². The first-order valence-electron chi connectivity index (χ1n) is 9.41. The maximum Gasteiger partial charge on any atom is 0.237 e. The standard InChI is InChI=1S/C22H27FN2OS/c1-16(2)24(14-19-7-5-4-6-17(19)3)15-21(26)25-12-13-27-22(25)18-8-10-20(23)11-9-18/h4-11,16,22H,12-15H2,1-3H3/t22-/m0/s1. The average molecular weight is 387 g/mol. The zero-order chi connectivity index (χ0) is 19.4. The highest BCUT2D eigenvalue weighted by Crippen LogP contribution is 2.38. The molecule has 1 fully saturated rings. The maximum atomic E-state index is 13.2. The number of benzene rings is 2. The number of aryl methyl sites for hydroxylation is 1. The van der Waals surface area contributed by atoms with Crippen molar-refractivity contribution in [3.63, 3.8) is 0 Å². The van der Waals surface area contributed by atoms with Gasteiger partial charge in [-0.15, -0.1) is 11.8 Å². The predicted molar refractivity (Wildman–Crippen MR) is 110 cm³/mol. The van der Waals surface area contributed by atoms with E-state index in [0.29, 0.717) is 6.54 Å². The van der Waals surface area contributed by atoms with Gasteiger partial charge >= 0.3 is 0 Å². The number of hydrogen-bond acceptors (Lipinski definition) is 3. The fraction of sp³-hybridized carbons (Fsp3) is 0.409. The molecule has 0 aromatic heterocycles.